The molecule has 1 aromatic rings. The average molecular weight is 353 g/mol. The van der Waals surface area contributed by atoms with Gasteiger partial charge in [0, 0.05) is 24.7 Å². The summed E-state index contributed by atoms with van der Waals surface area (Å²) in [4.78, 5) is 12.1. The van der Waals surface area contributed by atoms with Crippen molar-refractivity contribution < 1.29 is 13.2 Å². The van der Waals surface area contributed by atoms with Crippen LogP contribution in [0, 0.1) is 5.92 Å². The van der Waals surface area contributed by atoms with Crippen molar-refractivity contribution >= 4 is 21.6 Å². The van der Waals surface area contributed by atoms with E-state index in [-0.39, 0.29) is 17.9 Å². The third-order valence-electron chi connectivity index (χ3n) is 4.38. The van der Waals surface area contributed by atoms with Gasteiger partial charge in [-0.15, -0.1) is 0 Å². The Morgan fingerprint density at radius 2 is 1.92 bits per heavy atom. The molecule has 2 rings (SSSR count). The van der Waals surface area contributed by atoms with Gasteiger partial charge in [0.15, 0.2) is 0 Å². The second-order valence-corrected chi connectivity index (χ2v) is 8.73. The zero-order valence-corrected chi connectivity index (χ0v) is 15.6. The number of anilines is 1. The van der Waals surface area contributed by atoms with Crippen LogP contribution in [0.5, 0.6) is 0 Å². The van der Waals surface area contributed by atoms with Crippen LogP contribution in [0.3, 0.4) is 0 Å². The summed E-state index contributed by atoms with van der Waals surface area (Å²) in [5.74, 6) is 0.234. The summed E-state index contributed by atoms with van der Waals surface area (Å²) >= 11 is 0. The first-order chi connectivity index (χ1) is 11.3. The lowest BCUT2D eigenvalue weighted by atomic mass is 10.0. The van der Waals surface area contributed by atoms with Crippen LogP contribution in [0.1, 0.15) is 52.9 Å². The lowest BCUT2D eigenvalue weighted by Gasteiger charge is -2.34. The van der Waals surface area contributed by atoms with Crippen molar-refractivity contribution in [2.24, 2.45) is 5.92 Å². The van der Waals surface area contributed by atoms with E-state index in [1.165, 1.54) is 0 Å². The van der Waals surface area contributed by atoms with E-state index < -0.39 is 10.0 Å². The minimum absolute atomic E-state index is 0.0531. The van der Waals surface area contributed by atoms with Crippen LogP contribution in [0.4, 0.5) is 5.69 Å². The normalized spacial score (nSPS) is 19.4. The number of carbonyl (C=O) groups excluding carboxylic acids is 1. The van der Waals surface area contributed by atoms with Crippen molar-refractivity contribution in [1.29, 1.82) is 0 Å². The maximum Gasteiger partial charge on any atom is 0.243 e. The summed E-state index contributed by atoms with van der Waals surface area (Å²) in [6, 6.07) is 6.59. The van der Waals surface area contributed by atoms with Gasteiger partial charge < -0.3 is 5.32 Å². The maximum atomic E-state index is 12.9. The first-order valence-electron chi connectivity index (χ1n) is 8.76. The molecule has 1 heterocycles. The maximum absolute atomic E-state index is 12.9. The highest BCUT2D eigenvalue weighted by Gasteiger charge is 2.32. The Labute approximate surface area is 145 Å². The van der Waals surface area contributed by atoms with E-state index in [0.717, 1.165) is 25.7 Å². The van der Waals surface area contributed by atoms with Gasteiger partial charge in [0.1, 0.15) is 0 Å². The molecule has 1 N–H and O–H groups in total. The average Bonchev–Trinajstić information content (AvgIpc) is 2.54. The highest BCUT2D eigenvalue weighted by molar-refractivity contribution is 7.89. The lowest BCUT2D eigenvalue weighted by molar-refractivity contribution is -0.116. The van der Waals surface area contributed by atoms with E-state index in [4.69, 9.17) is 0 Å². The third-order valence-corrected chi connectivity index (χ3v) is 6.35. The van der Waals surface area contributed by atoms with E-state index in [1.807, 2.05) is 20.8 Å². The number of rotatable bonds is 6. The highest BCUT2D eigenvalue weighted by Crippen LogP contribution is 2.27. The SMILES string of the molecule is CCC1CCCCN1S(=O)(=O)c1ccc(NC(=O)CC(C)C)cc1. The van der Waals surface area contributed by atoms with Gasteiger partial charge in [0.2, 0.25) is 15.9 Å². The second kappa shape index (κ2) is 8.12. The van der Waals surface area contributed by atoms with Crippen molar-refractivity contribution in [2.75, 3.05) is 11.9 Å². The molecule has 1 aromatic carbocycles. The smallest absolute Gasteiger partial charge is 0.243 e. The van der Waals surface area contributed by atoms with Gasteiger partial charge in [-0.1, -0.05) is 27.2 Å². The van der Waals surface area contributed by atoms with Crippen molar-refractivity contribution in [3.8, 4) is 0 Å². The molecule has 0 radical (unpaired) electrons. The molecule has 1 unspecified atom stereocenters. The van der Waals surface area contributed by atoms with Gasteiger partial charge >= 0.3 is 0 Å². The Bertz CT molecular complexity index is 653. The summed E-state index contributed by atoms with van der Waals surface area (Å²) in [5.41, 5.74) is 0.630. The van der Waals surface area contributed by atoms with Crippen LogP contribution in [-0.2, 0) is 14.8 Å². The molecule has 0 aliphatic carbocycles. The minimum atomic E-state index is -3.47. The predicted molar refractivity (Wildman–Crippen MR) is 96.3 cm³/mol. The van der Waals surface area contributed by atoms with Crippen LogP contribution in [0.2, 0.25) is 0 Å². The van der Waals surface area contributed by atoms with E-state index in [2.05, 4.69) is 5.32 Å². The fourth-order valence-electron chi connectivity index (χ4n) is 3.13. The molecule has 1 saturated heterocycles. The first kappa shape index (κ1) is 18.9. The van der Waals surface area contributed by atoms with Gasteiger partial charge in [-0.2, -0.15) is 4.31 Å². The molecule has 0 spiro atoms. The zero-order valence-electron chi connectivity index (χ0n) is 14.8. The molecule has 24 heavy (non-hydrogen) atoms. The Balaban J connectivity index is 2.12. The van der Waals surface area contributed by atoms with E-state index in [0.29, 0.717) is 23.5 Å². The molecule has 0 bridgehead atoms. The Kier molecular flexibility index (Phi) is 6.40. The standard InChI is InChI=1S/C18H28N2O3S/c1-4-16-7-5-6-12-20(16)24(22,23)17-10-8-15(9-11-17)19-18(21)13-14(2)3/h8-11,14,16H,4-7,12-13H2,1-3H3,(H,19,21). The molecule has 1 atom stereocenters. The van der Waals surface area contributed by atoms with Crippen molar-refractivity contribution in [1.82, 2.24) is 4.31 Å². The molecule has 1 aliphatic heterocycles. The Hall–Kier alpha value is -1.40. The number of nitrogens with zero attached hydrogens (tertiary/aromatic N) is 1. The van der Waals surface area contributed by atoms with E-state index in [1.54, 1.807) is 28.6 Å². The van der Waals surface area contributed by atoms with Gasteiger partial charge in [0.25, 0.3) is 0 Å². The van der Waals surface area contributed by atoms with Crippen molar-refractivity contribution in [3.05, 3.63) is 24.3 Å². The number of piperidine rings is 1. The quantitative estimate of drug-likeness (QED) is 0.850. The van der Waals surface area contributed by atoms with Crippen molar-refractivity contribution in [3.63, 3.8) is 0 Å². The molecule has 1 aliphatic rings. The van der Waals surface area contributed by atoms with Gasteiger partial charge in [-0.25, -0.2) is 8.42 Å². The van der Waals surface area contributed by atoms with Crippen LogP contribution in [0.15, 0.2) is 29.2 Å². The Morgan fingerprint density at radius 1 is 1.25 bits per heavy atom. The lowest BCUT2D eigenvalue weighted by Crippen LogP contribution is -2.43. The number of sulfonamides is 1. The molecule has 0 saturated carbocycles. The molecule has 0 aromatic heterocycles. The zero-order chi connectivity index (χ0) is 17.7. The van der Waals surface area contributed by atoms with Crippen LogP contribution in [0.25, 0.3) is 0 Å². The van der Waals surface area contributed by atoms with Crippen LogP contribution in [-0.4, -0.2) is 31.2 Å². The molecule has 1 fully saturated rings. The van der Waals surface area contributed by atoms with Crippen LogP contribution >= 0.6 is 0 Å². The second-order valence-electron chi connectivity index (χ2n) is 6.84. The Morgan fingerprint density at radius 3 is 2.50 bits per heavy atom. The fraction of sp³-hybridized carbons (Fsp3) is 0.611. The molecular formula is C18H28N2O3S. The summed E-state index contributed by atoms with van der Waals surface area (Å²) in [6.45, 7) is 6.59. The summed E-state index contributed by atoms with van der Waals surface area (Å²) in [5, 5.41) is 2.80. The summed E-state index contributed by atoms with van der Waals surface area (Å²) < 4.78 is 27.4. The summed E-state index contributed by atoms with van der Waals surface area (Å²) in [7, 11) is -3.47. The highest BCUT2D eigenvalue weighted by atomic mass is 32.2. The number of nitrogens with one attached hydrogen (secondary N) is 1. The number of hydrogen-bond donors (Lipinski definition) is 1. The third kappa shape index (κ3) is 4.57. The number of benzene rings is 1. The predicted octanol–water partition coefficient (Wildman–Crippen LogP) is 3.62. The molecular weight excluding hydrogens is 324 g/mol. The monoisotopic (exact) mass is 352 g/mol. The van der Waals surface area contributed by atoms with Gasteiger partial charge in [0.05, 0.1) is 4.90 Å². The molecule has 6 heteroatoms. The van der Waals surface area contributed by atoms with E-state index in [9.17, 15) is 13.2 Å². The fourth-order valence-corrected chi connectivity index (χ4v) is 4.89. The van der Waals surface area contributed by atoms with Crippen LogP contribution < -0.4 is 5.32 Å². The number of carbonyl (C=O) groups is 1. The summed E-state index contributed by atoms with van der Waals surface area (Å²) in [6.07, 6.45) is 4.22. The minimum Gasteiger partial charge on any atom is -0.326 e. The van der Waals surface area contributed by atoms with E-state index >= 15 is 0 Å². The molecule has 134 valence electrons. The topological polar surface area (TPSA) is 66.5 Å². The largest absolute Gasteiger partial charge is 0.326 e. The van der Waals surface area contributed by atoms with Crippen molar-refractivity contribution in [2.45, 2.75) is 63.8 Å². The number of hydrogen-bond acceptors (Lipinski definition) is 3. The number of amides is 1. The molecule has 1 amide bonds. The van der Waals surface area contributed by atoms with Gasteiger partial charge in [-0.3, -0.25) is 4.79 Å². The molecule has 5 nitrogen and oxygen atoms in total. The first-order valence-corrected chi connectivity index (χ1v) is 10.2. The van der Waals surface area contributed by atoms with Gasteiger partial charge in [-0.05, 0) is 49.4 Å².